The summed E-state index contributed by atoms with van der Waals surface area (Å²) in [6.45, 7) is 5.53. The molecule has 4 aliphatic heterocycles. The summed E-state index contributed by atoms with van der Waals surface area (Å²) in [4.78, 5) is 4.41. The van der Waals surface area contributed by atoms with Crippen LogP contribution in [0, 0.1) is 0 Å². The Morgan fingerprint density at radius 2 is 0.455 bits per heavy atom. The molecule has 0 saturated carbocycles. The van der Waals surface area contributed by atoms with Gasteiger partial charge in [0.05, 0.1) is 26.4 Å². The van der Waals surface area contributed by atoms with Gasteiger partial charge in [0.2, 0.25) is 6.79 Å². The Bertz CT molecular complexity index is 2900. The molecule has 0 N–H and O–H groups in total. The van der Waals surface area contributed by atoms with E-state index >= 15 is 0 Å². The fraction of sp³-hybridized carbons (Fsp3) is 0.238. The number of benzene rings is 8. The van der Waals surface area contributed by atoms with Gasteiger partial charge in [-0.15, -0.1) is 0 Å². The second-order valence-corrected chi connectivity index (χ2v) is 18.9. The third kappa shape index (κ3) is 14.4. The molecule has 0 aromatic heterocycles. The summed E-state index contributed by atoms with van der Waals surface area (Å²) in [5.74, 6) is 2.94. The van der Waals surface area contributed by atoms with Crippen molar-refractivity contribution in [1.82, 2.24) is 0 Å². The third-order valence-corrected chi connectivity index (χ3v) is 13.0. The van der Waals surface area contributed by atoms with E-state index in [4.69, 9.17) is 56.8 Å². The number of hydrogen-bond donors (Lipinski definition) is 0. The van der Waals surface area contributed by atoms with Gasteiger partial charge >= 0.3 is 0 Å². The minimum absolute atomic E-state index is 0.0207. The zero-order valence-electron chi connectivity index (χ0n) is 42.4. The summed E-state index contributed by atoms with van der Waals surface area (Å²) in [5.41, 5.74) is 12.3. The van der Waals surface area contributed by atoms with E-state index in [0.29, 0.717) is 77.6 Å². The van der Waals surface area contributed by atoms with E-state index in [1.165, 1.54) is 0 Å². The Kier molecular flexibility index (Phi) is 15.6. The first kappa shape index (κ1) is 50.1. The quantitative estimate of drug-likeness (QED) is 0.0341. The van der Waals surface area contributed by atoms with E-state index in [-0.39, 0.29) is 32.0 Å². The highest BCUT2D eigenvalue weighted by Gasteiger charge is 2.25. The highest BCUT2D eigenvalue weighted by atomic mass is 16.8. The number of nitrogens with zero attached hydrogens (tertiary/aromatic N) is 2. The van der Waals surface area contributed by atoms with Crippen molar-refractivity contribution in [2.45, 2.75) is 64.8 Å². The van der Waals surface area contributed by atoms with E-state index in [0.717, 1.165) is 79.0 Å². The Hall–Kier alpha value is -7.76. The van der Waals surface area contributed by atoms with Crippen molar-refractivity contribution in [2.75, 3.05) is 43.0 Å². The zero-order chi connectivity index (χ0) is 51.6. The molecule has 4 unspecified atom stereocenters. The molecular formula is C63H58N2O12. The second-order valence-electron chi connectivity index (χ2n) is 18.9. The van der Waals surface area contributed by atoms with Gasteiger partial charge in [0.25, 0.3) is 0 Å². The minimum atomic E-state index is -0.103. The first-order valence-electron chi connectivity index (χ1n) is 25.8. The summed E-state index contributed by atoms with van der Waals surface area (Å²) in [6.07, 6.45) is -0.341. The molecule has 0 spiro atoms. The maximum absolute atomic E-state index is 6.14. The Labute approximate surface area is 447 Å². The van der Waals surface area contributed by atoms with Crippen LogP contribution in [0.2, 0.25) is 0 Å². The van der Waals surface area contributed by atoms with Crippen molar-refractivity contribution < 1.29 is 56.8 Å². The largest absolute Gasteiger partial charge is 0.489 e. The topological polar surface area (TPSA) is 130 Å². The second kappa shape index (κ2) is 24.1. The van der Waals surface area contributed by atoms with Crippen LogP contribution in [-0.2, 0) is 77.5 Å². The van der Waals surface area contributed by atoms with Gasteiger partial charge < -0.3 is 66.6 Å². The minimum Gasteiger partial charge on any atom is -0.489 e. The van der Waals surface area contributed by atoms with Crippen LogP contribution in [0.4, 0.5) is 34.1 Å². The molecule has 392 valence electrons. The fourth-order valence-electron chi connectivity index (χ4n) is 8.40. The van der Waals surface area contributed by atoms with Crippen LogP contribution < -0.4 is 28.7 Å². The zero-order valence-corrected chi connectivity index (χ0v) is 42.4. The number of rotatable bonds is 28. The monoisotopic (exact) mass is 1030 g/mol. The smallest absolute Gasteiger partial charge is 0.230 e. The number of epoxide rings is 4. The molecule has 4 heterocycles. The Balaban J connectivity index is 0.684. The Morgan fingerprint density at radius 1 is 0.260 bits per heavy atom. The summed E-state index contributed by atoms with van der Waals surface area (Å²) < 4.78 is 68.1. The highest BCUT2D eigenvalue weighted by Crippen LogP contribution is 2.38. The van der Waals surface area contributed by atoms with Crippen molar-refractivity contribution in [2.24, 2.45) is 0 Å². The molecule has 0 aliphatic carbocycles. The molecule has 0 amide bonds. The normalized spacial score (nSPS) is 17.8. The van der Waals surface area contributed by atoms with Crippen molar-refractivity contribution in [3.63, 3.8) is 0 Å². The van der Waals surface area contributed by atoms with Gasteiger partial charge in [-0.1, -0.05) is 72.8 Å². The first-order valence-corrected chi connectivity index (χ1v) is 25.8. The molecule has 4 saturated heterocycles. The number of hydrogen-bond acceptors (Lipinski definition) is 14. The van der Waals surface area contributed by atoms with E-state index in [1.54, 1.807) is 0 Å². The molecule has 0 radical (unpaired) electrons. The van der Waals surface area contributed by atoms with Crippen LogP contribution >= 0.6 is 0 Å². The molecule has 12 rings (SSSR count). The molecular weight excluding hydrogens is 977 g/mol. The summed E-state index contributed by atoms with van der Waals surface area (Å²) >= 11 is 0. The lowest BCUT2D eigenvalue weighted by Gasteiger charge is -2.26. The van der Waals surface area contributed by atoms with Crippen molar-refractivity contribution in [3.05, 3.63) is 228 Å². The maximum atomic E-state index is 6.14. The predicted molar refractivity (Wildman–Crippen MR) is 288 cm³/mol. The number of anilines is 6. The third-order valence-electron chi connectivity index (χ3n) is 13.0. The van der Waals surface area contributed by atoms with Gasteiger partial charge in [-0.3, -0.25) is 0 Å². The first-order chi connectivity index (χ1) is 38.0. The summed E-state index contributed by atoms with van der Waals surface area (Å²) in [6, 6.07) is 65.5. The van der Waals surface area contributed by atoms with E-state index < -0.39 is 0 Å². The highest BCUT2D eigenvalue weighted by molar-refractivity contribution is 5.78. The van der Waals surface area contributed by atoms with Crippen molar-refractivity contribution in [3.8, 4) is 23.0 Å². The molecule has 4 fully saturated rings. The van der Waals surface area contributed by atoms with E-state index in [1.807, 2.05) is 97.1 Å². The van der Waals surface area contributed by atoms with Gasteiger partial charge in [0.15, 0.2) is 25.2 Å². The van der Waals surface area contributed by atoms with Crippen molar-refractivity contribution in [1.29, 1.82) is 0 Å². The molecule has 8 aromatic rings. The molecule has 0 bridgehead atoms. The standard InChI is InChI=1S/C63H58N2O12/c1-13-50(14-2-44(1)33-66-56-25-9-48(10-26-56)37-70-62-41-74-62)64(52-17-5-46(6-18-52)35-68-60-39-72-60)54-21-29-58(30-22-54)76-43-77-59-31-23-55(24-32-59)65(53-19-7-47(8-20-53)36-69-61-40-73-61)51-15-3-45(4-16-51)34-67-57-27-11-49(12-28-57)38-71-63-42-75-63/h1-32,60-63H,33-43H2. The van der Waals surface area contributed by atoms with Crippen LogP contribution in [0.25, 0.3) is 0 Å². The molecule has 77 heavy (non-hydrogen) atoms. The fourth-order valence-corrected chi connectivity index (χ4v) is 8.40. The van der Waals surface area contributed by atoms with Gasteiger partial charge in [0.1, 0.15) is 62.6 Å². The average molecular weight is 1040 g/mol. The van der Waals surface area contributed by atoms with Gasteiger partial charge in [-0.25, -0.2) is 0 Å². The van der Waals surface area contributed by atoms with Gasteiger partial charge in [-0.2, -0.15) is 0 Å². The number of ether oxygens (including phenoxy) is 12. The van der Waals surface area contributed by atoms with Crippen molar-refractivity contribution >= 4 is 34.1 Å². The predicted octanol–water partition coefficient (Wildman–Crippen LogP) is 12.7. The summed E-state index contributed by atoms with van der Waals surface area (Å²) in [7, 11) is 0. The average Bonchev–Trinajstić information content (AvgIpc) is 4.25. The van der Waals surface area contributed by atoms with Gasteiger partial charge in [-0.05, 0) is 155 Å². The molecule has 4 atom stereocenters. The van der Waals surface area contributed by atoms with E-state index in [9.17, 15) is 0 Å². The molecule has 14 heteroatoms. The van der Waals surface area contributed by atoms with Gasteiger partial charge in [0, 0.05) is 34.1 Å². The van der Waals surface area contributed by atoms with Crippen LogP contribution in [0.1, 0.15) is 33.4 Å². The van der Waals surface area contributed by atoms with Crippen LogP contribution in [0.15, 0.2) is 194 Å². The lowest BCUT2D eigenvalue weighted by molar-refractivity contribution is 0.0384. The van der Waals surface area contributed by atoms with Crippen LogP contribution in [0.3, 0.4) is 0 Å². The molecule has 4 aliphatic rings. The van der Waals surface area contributed by atoms with Crippen LogP contribution in [0.5, 0.6) is 23.0 Å². The van der Waals surface area contributed by atoms with E-state index in [2.05, 4.69) is 107 Å². The van der Waals surface area contributed by atoms with Crippen LogP contribution in [-0.4, -0.2) is 58.4 Å². The summed E-state index contributed by atoms with van der Waals surface area (Å²) in [5, 5.41) is 0. The Morgan fingerprint density at radius 3 is 0.701 bits per heavy atom. The maximum Gasteiger partial charge on any atom is 0.230 e. The lowest BCUT2D eigenvalue weighted by atomic mass is 10.1. The lowest BCUT2D eigenvalue weighted by Crippen LogP contribution is -2.11. The molecule has 14 nitrogen and oxygen atoms in total. The SMILES string of the molecule is c1cc(N(c2ccc(COC3CO3)cc2)c2ccc(OCOc3ccc(N(c4ccc(COc5ccc(COC6CO6)cc5)cc4)c4ccc(COC5CO5)cc4)cc3)cc2)ccc1COc1ccc(COC2CO2)cc1. The molecule has 8 aromatic carbocycles.